The molecule has 0 aliphatic rings. The van der Waals surface area contributed by atoms with Gasteiger partial charge in [0.2, 0.25) is 0 Å². The van der Waals surface area contributed by atoms with Gasteiger partial charge in [-0.05, 0) is 11.6 Å². The summed E-state index contributed by atoms with van der Waals surface area (Å²) in [7, 11) is 0. The number of hydrogen-bond acceptors (Lipinski definition) is 0. The standard InChI is InChI=1S/C10H13BrSi/c1-3-12(2,11)9-10-7-5-4-6-8-10/h3-8H,1,9H2,2H3. The molecule has 0 aliphatic carbocycles. The molecular formula is C10H13BrSi. The Kier molecular flexibility index (Phi) is 3.29. The molecule has 1 atom stereocenters. The van der Waals surface area contributed by atoms with E-state index in [1.165, 1.54) is 5.56 Å². The molecule has 1 rings (SSSR count). The van der Waals surface area contributed by atoms with Crippen LogP contribution in [0, 0.1) is 0 Å². The monoisotopic (exact) mass is 240 g/mol. The lowest BCUT2D eigenvalue weighted by atomic mass is 10.2. The lowest BCUT2D eigenvalue weighted by Crippen LogP contribution is -2.22. The van der Waals surface area contributed by atoms with Crippen LogP contribution in [0.25, 0.3) is 0 Å². The fourth-order valence-corrected chi connectivity index (χ4v) is 3.22. The molecule has 0 radical (unpaired) electrons. The van der Waals surface area contributed by atoms with E-state index in [2.05, 4.69) is 58.4 Å². The highest BCUT2D eigenvalue weighted by Gasteiger charge is 2.18. The van der Waals surface area contributed by atoms with Crippen LogP contribution in [-0.4, -0.2) is 6.69 Å². The largest absolute Gasteiger partial charge is 0.154 e. The maximum atomic E-state index is 3.84. The smallest absolute Gasteiger partial charge is 0.121 e. The first-order valence-corrected chi connectivity index (χ1v) is 9.05. The maximum Gasteiger partial charge on any atom is 0.154 e. The SMILES string of the molecule is C=C[Si](C)(Br)Cc1ccccc1. The third-order valence-electron chi connectivity index (χ3n) is 1.82. The zero-order valence-corrected chi connectivity index (χ0v) is 9.84. The van der Waals surface area contributed by atoms with Crippen LogP contribution in [-0.2, 0) is 6.04 Å². The molecule has 0 bridgehead atoms. The van der Waals surface area contributed by atoms with Crippen molar-refractivity contribution in [1.29, 1.82) is 0 Å². The van der Waals surface area contributed by atoms with Gasteiger partial charge in [-0.15, -0.1) is 21.9 Å². The Bertz CT molecular complexity index is 254. The normalized spacial score (nSPS) is 15.2. The van der Waals surface area contributed by atoms with Crippen molar-refractivity contribution in [3.05, 3.63) is 48.2 Å². The van der Waals surface area contributed by atoms with Crippen LogP contribution in [0.5, 0.6) is 0 Å². The van der Waals surface area contributed by atoms with Crippen LogP contribution in [0.15, 0.2) is 42.6 Å². The van der Waals surface area contributed by atoms with Gasteiger partial charge < -0.3 is 0 Å². The molecule has 0 amide bonds. The summed E-state index contributed by atoms with van der Waals surface area (Å²) in [6.45, 7) is 4.76. The van der Waals surface area contributed by atoms with Crippen molar-refractivity contribution < 1.29 is 0 Å². The summed E-state index contributed by atoms with van der Waals surface area (Å²) in [6, 6.07) is 11.7. The second-order valence-corrected chi connectivity index (χ2v) is 11.9. The van der Waals surface area contributed by atoms with E-state index in [9.17, 15) is 0 Å². The number of hydrogen-bond donors (Lipinski definition) is 0. The quantitative estimate of drug-likeness (QED) is 0.561. The minimum atomic E-state index is -1.34. The van der Waals surface area contributed by atoms with Crippen LogP contribution in [0.4, 0.5) is 0 Å². The molecule has 0 nitrogen and oxygen atoms in total. The van der Waals surface area contributed by atoms with Gasteiger partial charge >= 0.3 is 0 Å². The minimum absolute atomic E-state index is 1.12. The van der Waals surface area contributed by atoms with Crippen LogP contribution < -0.4 is 0 Å². The molecule has 0 N–H and O–H groups in total. The molecule has 1 aromatic carbocycles. The fourth-order valence-electron chi connectivity index (χ4n) is 1.07. The first-order valence-electron chi connectivity index (χ1n) is 4.00. The van der Waals surface area contributed by atoms with E-state index < -0.39 is 6.69 Å². The summed E-state index contributed by atoms with van der Waals surface area (Å²) in [5.74, 6) is 0. The molecule has 1 unspecified atom stereocenters. The second-order valence-electron chi connectivity index (χ2n) is 3.14. The molecule has 12 heavy (non-hydrogen) atoms. The summed E-state index contributed by atoms with van der Waals surface area (Å²) in [5.41, 5.74) is 3.46. The summed E-state index contributed by atoms with van der Waals surface area (Å²) in [5, 5.41) is 0. The maximum absolute atomic E-state index is 3.84. The number of rotatable bonds is 3. The highest BCUT2D eigenvalue weighted by atomic mass is 79.9. The van der Waals surface area contributed by atoms with Crippen molar-refractivity contribution in [1.82, 2.24) is 0 Å². The molecule has 0 heterocycles. The van der Waals surface area contributed by atoms with E-state index in [0.717, 1.165) is 6.04 Å². The predicted octanol–water partition coefficient (Wildman–Crippen LogP) is 3.46. The van der Waals surface area contributed by atoms with Crippen molar-refractivity contribution in [2.24, 2.45) is 0 Å². The second kappa shape index (κ2) is 4.05. The Hall–Kier alpha value is -0.343. The molecule has 0 aromatic heterocycles. The molecule has 0 spiro atoms. The molecule has 2 heteroatoms. The number of halogens is 1. The summed E-state index contributed by atoms with van der Waals surface area (Å²) in [4.78, 5) is 0. The highest BCUT2D eigenvalue weighted by Crippen LogP contribution is 2.18. The molecule has 0 fully saturated rings. The summed E-state index contributed by atoms with van der Waals surface area (Å²) < 4.78 is 0. The third kappa shape index (κ3) is 2.95. The Morgan fingerprint density at radius 3 is 2.50 bits per heavy atom. The topological polar surface area (TPSA) is 0 Å². The van der Waals surface area contributed by atoms with Gasteiger partial charge in [-0.1, -0.05) is 42.6 Å². The van der Waals surface area contributed by atoms with Gasteiger partial charge in [0.15, 0.2) is 6.69 Å². The Labute approximate surface area is 82.9 Å². The zero-order valence-electron chi connectivity index (χ0n) is 7.26. The minimum Gasteiger partial charge on any atom is -0.121 e. The van der Waals surface area contributed by atoms with E-state index in [1.807, 2.05) is 6.07 Å². The lowest BCUT2D eigenvalue weighted by molar-refractivity contribution is 1.36. The summed E-state index contributed by atoms with van der Waals surface area (Å²) in [6.07, 6.45) is 0. The van der Waals surface area contributed by atoms with Crippen molar-refractivity contribution in [3.63, 3.8) is 0 Å². The van der Waals surface area contributed by atoms with Gasteiger partial charge in [0, 0.05) is 0 Å². The van der Waals surface area contributed by atoms with Crippen LogP contribution in [0.1, 0.15) is 5.56 Å². The Balaban J connectivity index is 2.70. The van der Waals surface area contributed by atoms with E-state index >= 15 is 0 Å². The van der Waals surface area contributed by atoms with Crippen molar-refractivity contribution >= 4 is 22.0 Å². The van der Waals surface area contributed by atoms with Crippen molar-refractivity contribution in [2.45, 2.75) is 12.6 Å². The summed E-state index contributed by atoms with van der Waals surface area (Å²) >= 11 is 3.74. The average molecular weight is 241 g/mol. The third-order valence-corrected chi connectivity index (χ3v) is 5.58. The molecular weight excluding hydrogens is 228 g/mol. The first kappa shape index (κ1) is 9.74. The van der Waals surface area contributed by atoms with Gasteiger partial charge in [-0.3, -0.25) is 0 Å². The molecule has 0 aliphatic heterocycles. The van der Waals surface area contributed by atoms with E-state index in [0.29, 0.717) is 0 Å². The number of benzene rings is 1. The van der Waals surface area contributed by atoms with E-state index in [4.69, 9.17) is 0 Å². The van der Waals surface area contributed by atoms with Gasteiger partial charge in [0.05, 0.1) is 0 Å². The predicted molar refractivity (Wildman–Crippen MR) is 60.9 cm³/mol. The first-order chi connectivity index (χ1) is 5.64. The van der Waals surface area contributed by atoms with Crippen LogP contribution in [0.3, 0.4) is 0 Å². The fraction of sp³-hybridized carbons (Fsp3) is 0.200. The molecule has 1 aromatic rings. The van der Waals surface area contributed by atoms with Crippen LogP contribution >= 0.6 is 15.3 Å². The van der Waals surface area contributed by atoms with Gasteiger partial charge in [-0.2, -0.15) is 0 Å². The zero-order chi connectivity index (χ0) is 9.03. The van der Waals surface area contributed by atoms with Gasteiger partial charge in [0.25, 0.3) is 0 Å². The van der Waals surface area contributed by atoms with Gasteiger partial charge in [0.1, 0.15) is 0 Å². The molecule has 0 saturated heterocycles. The highest BCUT2D eigenvalue weighted by molar-refractivity contribution is 9.26. The Morgan fingerprint density at radius 2 is 2.00 bits per heavy atom. The van der Waals surface area contributed by atoms with E-state index in [1.54, 1.807) is 0 Å². The molecule has 0 saturated carbocycles. The van der Waals surface area contributed by atoms with Gasteiger partial charge in [-0.25, -0.2) is 0 Å². The average Bonchev–Trinajstić information content (AvgIpc) is 2.06. The lowest BCUT2D eigenvalue weighted by Gasteiger charge is -2.13. The van der Waals surface area contributed by atoms with Crippen molar-refractivity contribution in [3.8, 4) is 0 Å². The molecule has 64 valence electrons. The van der Waals surface area contributed by atoms with E-state index in [-0.39, 0.29) is 0 Å². The van der Waals surface area contributed by atoms with Crippen molar-refractivity contribution in [2.75, 3.05) is 0 Å². The Morgan fingerprint density at radius 1 is 1.42 bits per heavy atom. The van der Waals surface area contributed by atoms with Crippen LogP contribution in [0.2, 0.25) is 6.55 Å².